The van der Waals surface area contributed by atoms with E-state index in [9.17, 15) is 5.11 Å². The van der Waals surface area contributed by atoms with Crippen molar-refractivity contribution in [1.82, 2.24) is 0 Å². The van der Waals surface area contributed by atoms with Crippen molar-refractivity contribution in [3.05, 3.63) is 53.1 Å². The summed E-state index contributed by atoms with van der Waals surface area (Å²) in [5, 5.41) is 11.2. The van der Waals surface area contributed by atoms with E-state index in [0.717, 1.165) is 36.1 Å². The number of halogens is 1. The van der Waals surface area contributed by atoms with Gasteiger partial charge < -0.3 is 5.11 Å². The SMILES string of the molecule is C=C1CCC2CC([C@@]3(C)CC[C@H](O)C[C@@H]3C/C=C\c3ccc(Cl)cc3)CC[C@]12C. The zero-order chi connectivity index (χ0) is 20.6. The van der Waals surface area contributed by atoms with E-state index in [-0.39, 0.29) is 6.10 Å². The van der Waals surface area contributed by atoms with Crippen molar-refractivity contribution in [1.29, 1.82) is 0 Å². The molecule has 4 rings (SSSR count). The molecule has 0 spiro atoms. The summed E-state index contributed by atoms with van der Waals surface area (Å²) in [7, 11) is 0. The highest BCUT2D eigenvalue weighted by Crippen LogP contribution is 2.61. The first kappa shape index (κ1) is 21.2. The number of rotatable bonds is 4. The van der Waals surface area contributed by atoms with Crippen LogP contribution in [0.3, 0.4) is 0 Å². The lowest BCUT2D eigenvalue weighted by Gasteiger charge is -2.53. The Bertz CT molecular complexity index is 765. The van der Waals surface area contributed by atoms with E-state index in [1.807, 2.05) is 12.1 Å². The molecule has 0 heterocycles. The first-order valence-corrected chi connectivity index (χ1v) is 12.0. The highest BCUT2D eigenvalue weighted by molar-refractivity contribution is 6.30. The summed E-state index contributed by atoms with van der Waals surface area (Å²) in [5.74, 6) is 2.17. The number of aliphatic hydroxyl groups is 1. The van der Waals surface area contributed by atoms with Crippen molar-refractivity contribution < 1.29 is 5.11 Å². The number of benzene rings is 1. The van der Waals surface area contributed by atoms with Crippen LogP contribution in [0.25, 0.3) is 6.08 Å². The molecule has 0 radical (unpaired) electrons. The Morgan fingerprint density at radius 2 is 1.83 bits per heavy atom. The highest BCUT2D eigenvalue weighted by atomic mass is 35.5. The van der Waals surface area contributed by atoms with Crippen LogP contribution in [0.15, 0.2) is 42.5 Å². The minimum absolute atomic E-state index is 0.128. The van der Waals surface area contributed by atoms with Crippen LogP contribution in [0.5, 0.6) is 0 Å². The number of hydrogen-bond acceptors (Lipinski definition) is 1. The predicted molar refractivity (Wildman–Crippen MR) is 124 cm³/mol. The van der Waals surface area contributed by atoms with E-state index in [2.05, 4.69) is 44.7 Å². The molecule has 3 aliphatic rings. The molecule has 1 nitrogen and oxygen atoms in total. The van der Waals surface area contributed by atoms with Crippen LogP contribution in [-0.4, -0.2) is 11.2 Å². The van der Waals surface area contributed by atoms with Crippen LogP contribution >= 0.6 is 11.6 Å². The van der Waals surface area contributed by atoms with Gasteiger partial charge in [-0.25, -0.2) is 0 Å². The standard InChI is InChI=1S/C27H37ClO/c1-19-7-10-22-17-23(13-15-26(19,22)2)27(3)16-14-25(29)18-21(27)6-4-5-20-8-11-24(28)12-9-20/h4-5,8-9,11-12,21-23,25,29H,1,6-7,10,13-18H2,2-3H3/b5-4-/t21-,22?,23?,25-,26+,27-/m0/s1. The van der Waals surface area contributed by atoms with E-state index in [4.69, 9.17) is 11.6 Å². The summed E-state index contributed by atoms with van der Waals surface area (Å²) >= 11 is 6.01. The average Bonchev–Trinajstić information content (AvgIpc) is 3.00. The van der Waals surface area contributed by atoms with Crippen LogP contribution in [0.2, 0.25) is 5.02 Å². The molecule has 0 aromatic heterocycles. The number of aliphatic hydroxyl groups excluding tert-OH is 1. The third-order valence-electron chi connectivity index (χ3n) is 9.12. The lowest BCUT2D eigenvalue weighted by Crippen LogP contribution is -2.45. The van der Waals surface area contributed by atoms with Gasteiger partial charge in [-0.1, -0.05) is 61.9 Å². The summed E-state index contributed by atoms with van der Waals surface area (Å²) < 4.78 is 0. The fourth-order valence-corrected chi connectivity index (χ4v) is 6.90. The van der Waals surface area contributed by atoms with E-state index in [1.165, 1.54) is 49.7 Å². The van der Waals surface area contributed by atoms with Crippen LogP contribution < -0.4 is 0 Å². The molecule has 158 valence electrons. The molecule has 1 N–H and O–H groups in total. The number of allylic oxidation sites excluding steroid dienone is 2. The summed E-state index contributed by atoms with van der Waals surface area (Å²) in [6, 6.07) is 8.04. The zero-order valence-electron chi connectivity index (χ0n) is 18.2. The predicted octanol–water partition coefficient (Wildman–Crippen LogP) is 7.68. The first-order chi connectivity index (χ1) is 13.8. The van der Waals surface area contributed by atoms with Crippen LogP contribution in [-0.2, 0) is 0 Å². The van der Waals surface area contributed by atoms with Gasteiger partial charge in [0, 0.05) is 5.02 Å². The van der Waals surface area contributed by atoms with Crippen molar-refractivity contribution in [3.8, 4) is 0 Å². The van der Waals surface area contributed by atoms with Gasteiger partial charge in [-0.15, -0.1) is 0 Å². The van der Waals surface area contributed by atoms with Crippen LogP contribution in [0.1, 0.15) is 77.2 Å². The van der Waals surface area contributed by atoms with Crippen LogP contribution in [0, 0.1) is 28.6 Å². The minimum Gasteiger partial charge on any atom is -0.393 e. The van der Waals surface area contributed by atoms with Crippen molar-refractivity contribution in [3.63, 3.8) is 0 Å². The second-order valence-electron chi connectivity index (χ2n) is 10.5. The molecule has 2 heteroatoms. The maximum absolute atomic E-state index is 10.4. The summed E-state index contributed by atoms with van der Waals surface area (Å²) in [6.45, 7) is 9.43. The molecule has 1 aromatic rings. The fourth-order valence-electron chi connectivity index (χ4n) is 6.78. The third-order valence-corrected chi connectivity index (χ3v) is 9.38. The molecule has 0 aliphatic heterocycles. The van der Waals surface area contributed by atoms with Crippen molar-refractivity contribution in [2.45, 2.75) is 77.7 Å². The Morgan fingerprint density at radius 1 is 1.07 bits per heavy atom. The van der Waals surface area contributed by atoms with E-state index in [0.29, 0.717) is 16.7 Å². The molecule has 3 saturated carbocycles. The Kier molecular flexibility index (Phi) is 6.02. The van der Waals surface area contributed by atoms with Crippen molar-refractivity contribution >= 4 is 17.7 Å². The highest BCUT2D eigenvalue weighted by Gasteiger charge is 2.51. The van der Waals surface area contributed by atoms with Gasteiger partial charge in [0.25, 0.3) is 0 Å². The topological polar surface area (TPSA) is 20.2 Å². The molecule has 0 saturated heterocycles. The Balaban J connectivity index is 1.48. The summed E-state index contributed by atoms with van der Waals surface area (Å²) in [4.78, 5) is 0. The normalized spacial score (nSPS) is 40.3. The van der Waals surface area contributed by atoms with Gasteiger partial charge in [0.15, 0.2) is 0 Å². The van der Waals surface area contributed by atoms with Gasteiger partial charge >= 0.3 is 0 Å². The summed E-state index contributed by atoms with van der Waals surface area (Å²) in [5.41, 5.74) is 3.44. The average molecular weight is 413 g/mol. The summed E-state index contributed by atoms with van der Waals surface area (Å²) in [6.07, 6.45) is 15.1. The minimum atomic E-state index is -0.128. The maximum Gasteiger partial charge on any atom is 0.0543 e. The lowest BCUT2D eigenvalue weighted by atomic mass is 9.52. The third kappa shape index (κ3) is 4.10. The molecule has 29 heavy (non-hydrogen) atoms. The second-order valence-corrected chi connectivity index (χ2v) is 11.0. The zero-order valence-corrected chi connectivity index (χ0v) is 18.9. The molecule has 2 unspecified atom stereocenters. The lowest BCUT2D eigenvalue weighted by molar-refractivity contribution is -0.0477. The van der Waals surface area contributed by atoms with Gasteiger partial charge in [-0.2, -0.15) is 0 Å². The number of hydrogen-bond donors (Lipinski definition) is 1. The monoisotopic (exact) mass is 412 g/mol. The quantitative estimate of drug-likeness (QED) is 0.502. The van der Waals surface area contributed by atoms with Gasteiger partial charge in [0.05, 0.1) is 6.10 Å². The van der Waals surface area contributed by atoms with Gasteiger partial charge in [0.1, 0.15) is 0 Å². The molecule has 6 atom stereocenters. The Labute approximate surface area is 182 Å². The largest absolute Gasteiger partial charge is 0.393 e. The van der Waals surface area contributed by atoms with Crippen molar-refractivity contribution in [2.24, 2.45) is 28.6 Å². The van der Waals surface area contributed by atoms with Gasteiger partial charge in [-0.05, 0) is 104 Å². The molecule has 0 bridgehead atoms. The maximum atomic E-state index is 10.4. The molecule has 0 amide bonds. The molecule has 1 aromatic carbocycles. The first-order valence-electron chi connectivity index (χ1n) is 11.6. The smallest absolute Gasteiger partial charge is 0.0543 e. The van der Waals surface area contributed by atoms with E-state index >= 15 is 0 Å². The second kappa shape index (κ2) is 8.23. The molecule has 3 fully saturated rings. The Morgan fingerprint density at radius 3 is 2.59 bits per heavy atom. The molecular weight excluding hydrogens is 376 g/mol. The van der Waals surface area contributed by atoms with Gasteiger partial charge in [0.2, 0.25) is 0 Å². The molecule has 3 aliphatic carbocycles. The Hall–Kier alpha value is -1.05. The van der Waals surface area contributed by atoms with Crippen LogP contribution in [0.4, 0.5) is 0 Å². The molecular formula is C27H37ClO. The van der Waals surface area contributed by atoms with E-state index < -0.39 is 0 Å². The van der Waals surface area contributed by atoms with Gasteiger partial charge in [-0.3, -0.25) is 0 Å². The van der Waals surface area contributed by atoms with Crippen molar-refractivity contribution in [2.75, 3.05) is 0 Å². The fraction of sp³-hybridized carbons (Fsp3) is 0.630. The van der Waals surface area contributed by atoms with E-state index in [1.54, 1.807) is 0 Å². The number of fused-ring (bicyclic) bond motifs is 1.